The Labute approximate surface area is 241 Å². The number of nitrogens with zero attached hydrogens (tertiary/aromatic N) is 1. The van der Waals surface area contributed by atoms with Gasteiger partial charge in [-0.05, 0) is 66.3 Å². The lowest BCUT2D eigenvalue weighted by Gasteiger charge is -2.29. The SMILES string of the molecule is NC(=O)c1ccc(NC(=O)[C@H](C[C@@H]2CCCCO2)n2cc3c(cc2=O)-c2cc(Cl)ccc2C[C@@H](CO)OC3)cc1F. The number of pyridine rings is 1. The van der Waals surface area contributed by atoms with Crippen LogP contribution < -0.4 is 16.6 Å². The second-order valence-electron chi connectivity index (χ2n) is 10.4. The number of nitrogens with two attached hydrogens (primary N) is 1. The first-order valence-electron chi connectivity index (χ1n) is 13.5. The van der Waals surface area contributed by atoms with Crippen LogP contribution in [0.4, 0.5) is 10.1 Å². The first kappa shape index (κ1) is 28.9. The number of nitrogens with one attached hydrogen (secondary N) is 1. The van der Waals surface area contributed by atoms with Gasteiger partial charge in [0.1, 0.15) is 11.9 Å². The van der Waals surface area contributed by atoms with Crippen LogP contribution in [-0.2, 0) is 27.3 Å². The Morgan fingerprint density at radius 3 is 2.61 bits per heavy atom. The number of benzene rings is 2. The minimum Gasteiger partial charge on any atom is -0.394 e. The van der Waals surface area contributed by atoms with Crippen molar-refractivity contribution in [3.63, 3.8) is 0 Å². The van der Waals surface area contributed by atoms with Gasteiger partial charge >= 0.3 is 0 Å². The summed E-state index contributed by atoms with van der Waals surface area (Å²) < 4.78 is 27.6. The molecule has 1 fully saturated rings. The molecule has 2 amide bonds. The number of aliphatic hydroxyl groups excluding tert-OH is 1. The van der Waals surface area contributed by atoms with Crippen LogP contribution >= 0.6 is 11.6 Å². The summed E-state index contributed by atoms with van der Waals surface area (Å²) in [5.41, 5.74) is 7.51. The average Bonchev–Trinajstić information content (AvgIpc) is 2.94. The van der Waals surface area contributed by atoms with Crippen molar-refractivity contribution in [1.29, 1.82) is 0 Å². The van der Waals surface area contributed by atoms with Gasteiger partial charge in [-0.25, -0.2) is 4.39 Å². The van der Waals surface area contributed by atoms with E-state index < -0.39 is 35.3 Å². The number of halogens is 2. The van der Waals surface area contributed by atoms with E-state index in [4.69, 9.17) is 26.8 Å². The summed E-state index contributed by atoms with van der Waals surface area (Å²) in [6, 6.07) is 9.44. The van der Waals surface area contributed by atoms with Crippen LogP contribution in [0.25, 0.3) is 11.1 Å². The van der Waals surface area contributed by atoms with Crippen LogP contribution in [0, 0.1) is 5.82 Å². The van der Waals surface area contributed by atoms with Crippen LogP contribution in [0.5, 0.6) is 0 Å². The second kappa shape index (κ2) is 12.5. The molecular weight excluding hydrogens is 553 g/mol. The van der Waals surface area contributed by atoms with Crippen molar-refractivity contribution in [2.75, 3.05) is 18.5 Å². The van der Waals surface area contributed by atoms with Crippen molar-refractivity contribution in [1.82, 2.24) is 4.57 Å². The van der Waals surface area contributed by atoms with Crippen LogP contribution in [0.3, 0.4) is 0 Å². The Bertz CT molecular complexity index is 1520. The predicted molar refractivity (Wildman–Crippen MR) is 151 cm³/mol. The van der Waals surface area contributed by atoms with Crippen molar-refractivity contribution in [3.8, 4) is 11.1 Å². The van der Waals surface area contributed by atoms with Gasteiger partial charge in [-0.1, -0.05) is 17.7 Å². The lowest BCUT2D eigenvalue weighted by Crippen LogP contribution is -2.37. The number of hydrogen-bond acceptors (Lipinski definition) is 6. The van der Waals surface area contributed by atoms with Crippen LogP contribution in [0.1, 0.15) is 53.2 Å². The summed E-state index contributed by atoms with van der Waals surface area (Å²) in [5.74, 6) is -2.34. The first-order chi connectivity index (χ1) is 19.7. The Morgan fingerprint density at radius 2 is 1.90 bits per heavy atom. The molecule has 3 atom stereocenters. The molecule has 0 radical (unpaired) electrons. The molecule has 0 spiro atoms. The van der Waals surface area contributed by atoms with E-state index in [2.05, 4.69) is 5.32 Å². The number of amides is 2. The van der Waals surface area contributed by atoms with Gasteiger partial charge in [0.15, 0.2) is 0 Å². The Balaban J connectivity index is 1.54. The van der Waals surface area contributed by atoms with Gasteiger partial charge in [-0.15, -0.1) is 0 Å². The highest BCUT2D eigenvalue weighted by Gasteiger charge is 2.29. The number of fused-ring (bicyclic) bond motifs is 3. The molecule has 1 aromatic heterocycles. The van der Waals surface area contributed by atoms with E-state index in [1.54, 1.807) is 18.3 Å². The maximum absolute atomic E-state index is 14.4. The molecule has 0 aliphatic carbocycles. The smallest absolute Gasteiger partial charge is 0.251 e. The van der Waals surface area contributed by atoms with E-state index in [-0.39, 0.29) is 37.0 Å². The molecule has 9 nitrogen and oxygen atoms in total. The van der Waals surface area contributed by atoms with Crippen LogP contribution in [-0.4, -0.2) is 46.9 Å². The van der Waals surface area contributed by atoms with E-state index in [0.29, 0.717) is 29.2 Å². The fourth-order valence-electron chi connectivity index (χ4n) is 5.42. The van der Waals surface area contributed by atoms with Crippen molar-refractivity contribution in [3.05, 3.63) is 86.5 Å². The minimum atomic E-state index is -0.993. The molecule has 3 heterocycles. The summed E-state index contributed by atoms with van der Waals surface area (Å²) in [6.45, 7) is 0.471. The number of carbonyl (C=O) groups is 2. The topological polar surface area (TPSA) is 133 Å². The summed E-state index contributed by atoms with van der Waals surface area (Å²) in [6.07, 6.45) is 4.14. The number of rotatable bonds is 7. The molecule has 1 saturated heterocycles. The quantitative estimate of drug-likeness (QED) is 0.385. The zero-order valence-corrected chi connectivity index (χ0v) is 23.0. The Kier molecular flexibility index (Phi) is 8.84. The van der Waals surface area contributed by atoms with E-state index in [1.807, 2.05) is 6.07 Å². The summed E-state index contributed by atoms with van der Waals surface area (Å²) in [7, 11) is 0. The molecule has 41 heavy (non-hydrogen) atoms. The van der Waals surface area contributed by atoms with Gasteiger partial charge in [-0.2, -0.15) is 0 Å². The normalized spacial score (nSPS) is 19.3. The lowest BCUT2D eigenvalue weighted by atomic mass is 9.92. The van der Waals surface area contributed by atoms with Crippen LogP contribution in [0.15, 0.2) is 53.5 Å². The maximum Gasteiger partial charge on any atom is 0.251 e. The van der Waals surface area contributed by atoms with Gasteiger partial charge in [0.05, 0.1) is 31.0 Å². The maximum atomic E-state index is 14.4. The summed E-state index contributed by atoms with van der Waals surface area (Å²) in [5, 5.41) is 13.0. The standard InChI is InChI=1S/C30H31ClFN3O6/c31-19-5-4-17-9-22(15-36)41-16-18-14-35(28(37)13-25(18)24(17)10-19)27(12-21-3-1-2-8-40-21)30(39)34-20-6-7-23(29(33)38)26(32)11-20/h4-7,10-11,13-14,21-22,27,36H,1-3,8-9,12,15-16H2,(H2,33,38)(H,34,39)/t21-,22-,27-/m0/s1. The molecule has 3 aromatic rings. The molecular formula is C30H31ClFN3O6. The highest BCUT2D eigenvalue weighted by molar-refractivity contribution is 6.30. The van der Waals surface area contributed by atoms with Gasteiger partial charge in [0, 0.05) is 48.0 Å². The molecule has 11 heteroatoms. The molecule has 2 aliphatic rings. The monoisotopic (exact) mass is 583 g/mol. The third-order valence-corrected chi connectivity index (χ3v) is 7.79. The zero-order chi connectivity index (χ0) is 29.1. The number of ether oxygens (including phenoxy) is 2. The number of aromatic nitrogens is 1. The number of anilines is 1. The average molecular weight is 584 g/mol. The summed E-state index contributed by atoms with van der Waals surface area (Å²) in [4.78, 5) is 38.7. The zero-order valence-electron chi connectivity index (χ0n) is 22.3. The summed E-state index contributed by atoms with van der Waals surface area (Å²) >= 11 is 6.31. The Morgan fingerprint density at radius 1 is 1.10 bits per heavy atom. The van der Waals surface area contributed by atoms with E-state index in [0.717, 1.165) is 36.5 Å². The van der Waals surface area contributed by atoms with E-state index in [9.17, 15) is 23.9 Å². The highest BCUT2D eigenvalue weighted by atomic mass is 35.5. The third kappa shape index (κ3) is 6.51. The third-order valence-electron chi connectivity index (χ3n) is 7.55. The molecule has 2 aliphatic heterocycles. The molecule has 0 unspecified atom stereocenters. The van der Waals surface area contributed by atoms with E-state index >= 15 is 0 Å². The van der Waals surface area contributed by atoms with E-state index in [1.165, 1.54) is 22.8 Å². The molecule has 4 N–H and O–H groups in total. The lowest BCUT2D eigenvalue weighted by molar-refractivity contribution is -0.121. The molecule has 2 aromatic carbocycles. The second-order valence-corrected chi connectivity index (χ2v) is 10.8. The first-order valence-corrected chi connectivity index (χ1v) is 13.9. The van der Waals surface area contributed by atoms with Gasteiger partial charge in [0.2, 0.25) is 5.91 Å². The number of hydrogen-bond donors (Lipinski definition) is 3. The predicted octanol–water partition coefficient (Wildman–Crippen LogP) is 3.98. The van der Waals surface area contributed by atoms with Gasteiger partial charge in [-0.3, -0.25) is 14.4 Å². The number of primary amides is 1. The van der Waals surface area contributed by atoms with Gasteiger partial charge in [0.25, 0.3) is 11.5 Å². The molecule has 5 rings (SSSR count). The molecule has 216 valence electrons. The molecule has 0 bridgehead atoms. The van der Waals surface area contributed by atoms with Crippen LogP contribution in [0.2, 0.25) is 5.02 Å². The molecule has 0 saturated carbocycles. The largest absolute Gasteiger partial charge is 0.394 e. The van der Waals surface area contributed by atoms with Crippen molar-refractivity contribution < 1.29 is 28.6 Å². The number of aliphatic hydroxyl groups is 1. The minimum absolute atomic E-state index is 0.0981. The Hall–Kier alpha value is -3.57. The fraction of sp³-hybridized carbons (Fsp3) is 0.367. The highest BCUT2D eigenvalue weighted by Crippen LogP contribution is 2.34. The van der Waals surface area contributed by atoms with Crippen molar-refractivity contribution in [2.45, 2.75) is 57.0 Å². The van der Waals surface area contributed by atoms with Crippen molar-refractivity contribution in [2.24, 2.45) is 5.73 Å². The van der Waals surface area contributed by atoms with Gasteiger partial charge < -0.3 is 30.2 Å². The number of carbonyl (C=O) groups excluding carboxylic acids is 2. The fourth-order valence-corrected chi connectivity index (χ4v) is 5.59. The van der Waals surface area contributed by atoms with Crippen molar-refractivity contribution >= 4 is 29.1 Å².